The molecular formula is C12H18N3OPS. The van der Waals surface area contributed by atoms with Gasteiger partial charge in [0, 0.05) is 34.3 Å². The molecule has 18 heavy (non-hydrogen) atoms. The van der Waals surface area contributed by atoms with E-state index in [1.807, 2.05) is 51.3 Å². The molecule has 98 valence electrons. The standard InChI is InChI=1S/C12H18N3OPS/c1-14(2)12-13-10-7-6-9(16-5)8-11(10)17(12,18)15(3)4/h6-8H,1-5H3. The Labute approximate surface area is 114 Å². The Bertz CT molecular complexity index is 504. The number of hydrogen-bond donors (Lipinski definition) is 0. The summed E-state index contributed by atoms with van der Waals surface area (Å²) >= 11 is 5.96. The average molecular weight is 283 g/mol. The maximum absolute atomic E-state index is 5.96. The van der Waals surface area contributed by atoms with Crippen molar-refractivity contribution in [2.24, 2.45) is 4.99 Å². The second-order valence-electron chi connectivity index (χ2n) is 4.58. The number of rotatable bonds is 2. The normalized spacial score (nSPS) is 21.8. The van der Waals surface area contributed by atoms with E-state index < -0.39 is 6.62 Å². The highest BCUT2D eigenvalue weighted by molar-refractivity contribution is 8.51. The minimum atomic E-state index is -1.98. The van der Waals surface area contributed by atoms with Crippen LogP contribution in [-0.4, -0.2) is 50.4 Å². The van der Waals surface area contributed by atoms with Crippen LogP contribution in [0, 0.1) is 0 Å². The van der Waals surface area contributed by atoms with Crippen LogP contribution in [0.5, 0.6) is 5.75 Å². The van der Waals surface area contributed by atoms with Gasteiger partial charge in [-0.15, -0.1) is 0 Å². The Balaban J connectivity index is 2.61. The van der Waals surface area contributed by atoms with Crippen LogP contribution in [0.2, 0.25) is 0 Å². The van der Waals surface area contributed by atoms with Crippen LogP contribution in [0.1, 0.15) is 0 Å². The maximum atomic E-state index is 5.96. The van der Waals surface area contributed by atoms with Crippen LogP contribution < -0.4 is 10.0 Å². The number of nitrogens with zero attached hydrogens (tertiary/aromatic N) is 3. The van der Waals surface area contributed by atoms with E-state index in [2.05, 4.69) is 4.67 Å². The van der Waals surface area contributed by atoms with Gasteiger partial charge in [0.05, 0.1) is 13.7 Å². The van der Waals surface area contributed by atoms with E-state index in [1.54, 1.807) is 7.11 Å². The van der Waals surface area contributed by atoms with Gasteiger partial charge in [-0.1, -0.05) is 0 Å². The summed E-state index contributed by atoms with van der Waals surface area (Å²) in [5.41, 5.74) is 1.95. The lowest BCUT2D eigenvalue weighted by Gasteiger charge is -2.36. The zero-order chi connectivity index (χ0) is 13.5. The molecule has 0 radical (unpaired) electrons. The summed E-state index contributed by atoms with van der Waals surface area (Å²) in [5.74, 6) is 0.833. The third-order valence-corrected chi connectivity index (χ3v) is 8.20. The van der Waals surface area contributed by atoms with Crippen molar-refractivity contribution >= 4 is 35.4 Å². The van der Waals surface area contributed by atoms with Crippen molar-refractivity contribution in [3.05, 3.63) is 18.2 Å². The van der Waals surface area contributed by atoms with Crippen molar-refractivity contribution in [2.75, 3.05) is 35.3 Å². The van der Waals surface area contributed by atoms with E-state index in [9.17, 15) is 0 Å². The number of amidine groups is 1. The fourth-order valence-electron chi connectivity index (χ4n) is 2.02. The molecule has 0 bridgehead atoms. The highest BCUT2D eigenvalue weighted by atomic mass is 32.7. The van der Waals surface area contributed by atoms with Crippen LogP contribution in [-0.2, 0) is 12.2 Å². The number of benzene rings is 1. The summed E-state index contributed by atoms with van der Waals surface area (Å²) in [4.78, 5) is 6.71. The van der Waals surface area contributed by atoms with Crippen molar-refractivity contribution in [1.82, 2.24) is 9.57 Å². The molecule has 0 amide bonds. The van der Waals surface area contributed by atoms with Crippen LogP contribution in [0.25, 0.3) is 0 Å². The van der Waals surface area contributed by atoms with Crippen molar-refractivity contribution in [1.29, 1.82) is 0 Å². The van der Waals surface area contributed by atoms with Gasteiger partial charge in [0.25, 0.3) is 5.58 Å². The smallest absolute Gasteiger partial charge is 0.254 e. The first-order valence-corrected chi connectivity index (χ1v) is 8.39. The molecule has 6 heteroatoms. The van der Waals surface area contributed by atoms with Crippen LogP contribution in [0.4, 0.5) is 5.69 Å². The van der Waals surface area contributed by atoms with E-state index in [0.717, 1.165) is 22.3 Å². The van der Waals surface area contributed by atoms with Crippen molar-refractivity contribution in [3.63, 3.8) is 0 Å². The third kappa shape index (κ3) is 1.91. The van der Waals surface area contributed by atoms with Gasteiger partial charge in [0.15, 0.2) is 0 Å². The predicted octanol–water partition coefficient (Wildman–Crippen LogP) is 1.84. The largest absolute Gasteiger partial charge is 0.523 e. The minimum Gasteiger partial charge on any atom is -0.523 e. The van der Waals surface area contributed by atoms with Gasteiger partial charge in [-0.3, -0.25) is 0 Å². The molecule has 1 aliphatic heterocycles. The molecule has 0 saturated heterocycles. The Morgan fingerprint density at radius 1 is 1.22 bits per heavy atom. The molecule has 1 heterocycles. The van der Waals surface area contributed by atoms with E-state index in [0.29, 0.717) is 0 Å². The van der Waals surface area contributed by atoms with E-state index in [4.69, 9.17) is 22.0 Å². The van der Waals surface area contributed by atoms with Crippen molar-refractivity contribution < 1.29 is 4.74 Å². The molecule has 2 rings (SSSR count). The lowest BCUT2D eigenvalue weighted by molar-refractivity contribution is 0.415. The number of fused-ring (bicyclic) bond motifs is 1. The molecule has 4 nitrogen and oxygen atoms in total. The zero-order valence-corrected chi connectivity index (χ0v) is 13.0. The Kier molecular flexibility index (Phi) is 3.58. The van der Waals surface area contributed by atoms with Gasteiger partial charge in [0.1, 0.15) is 16.7 Å². The molecular weight excluding hydrogens is 265 g/mol. The fourth-order valence-corrected chi connectivity index (χ4v) is 5.59. The molecule has 0 N–H and O–H groups in total. The summed E-state index contributed by atoms with van der Waals surface area (Å²) in [6, 6.07) is 5.93. The summed E-state index contributed by atoms with van der Waals surface area (Å²) in [6.45, 7) is -1.98. The lowest BCUT2D eigenvalue weighted by atomic mass is 10.3. The van der Waals surface area contributed by atoms with Gasteiger partial charge in [0.2, 0.25) is 0 Å². The molecule has 1 aliphatic rings. The molecule has 0 aliphatic carbocycles. The second kappa shape index (κ2) is 4.72. The third-order valence-electron chi connectivity index (χ3n) is 2.96. The quantitative estimate of drug-likeness (QED) is 0.611. The van der Waals surface area contributed by atoms with Crippen molar-refractivity contribution in [2.45, 2.75) is 0 Å². The number of ether oxygens (including phenoxy) is 1. The zero-order valence-electron chi connectivity index (χ0n) is 11.3. The van der Waals surface area contributed by atoms with Gasteiger partial charge in [-0.05, 0) is 12.1 Å². The summed E-state index contributed by atoms with van der Waals surface area (Å²) in [6.07, 6.45) is 0. The first kappa shape index (κ1) is 13.7. The van der Waals surface area contributed by atoms with Gasteiger partial charge in [-0.2, -0.15) is 9.66 Å². The van der Waals surface area contributed by atoms with Gasteiger partial charge < -0.3 is 21.9 Å². The van der Waals surface area contributed by atoms with E-state index in [-0.39, 0.29) is 0 Å². The predicted molar refractivity (Wildman–Crippen MR) is 81.4 cm³/mol. The summed E-state index contributed by atoms with van der Waals surface area (Å²) < 4.78 is 7.41. The molecule has 1 unspecified atom stereocenters. The monoisotopic (exact) mass is 283 g/mol. The van der Waals surface area contributed by atoms with Gasteiger partial charge >= 0.3 is 0 Å². The van der Waals surface area contributed by atoms with E-state index >= 15 is 0 Å². The maximum Gasteiger partial charge on any atom is 0.254 e. The molecule has 0 fully saturated rings. The number of methoxy groups -OCH3 is 1. The number of aliphatic imine (C=N–C) groups is 1. The Morgan fingerprint density at radius 3 is 2.39 bits per heavy atom. The molecule has 0 aromatic heterocycles. The average Bonchev–Trinajstić information content (AvgIpc) is 2.64. The van der Waals surface area contributed by atoms with Crippen molar-refractivity contribution in [3.8, 4) is 5.75 Å². The van der Waals surface area contributed by atoms with E-state index in [1.165, 1.54) is 0 Å². The van der Waals surface area contributed by atoms with Gasteiger partial charge in [-0.25, -0.2) is 0 Å². The topological polar surface area (TPSA) is 28.1 Å². The molecule has 0 saturated carbocycles. The minimum absolute atomic E-state index is 0.833. The molecule has 1 aromatic carbocycles. The molecule has 1 atom stereocenters. The molecule has 0 spiro atoms. The van der Waals surface area contributed by atoms with Crippen LogP contribution in [0.3, 0.4) is 0 Å². The highest BCUT2D eigenvalue weighted by Crippen LogP contribution is 2.64. The first-order chi connectivity index (χ1) is 8.41. The Morgan fingerprint density at radius 2 is 1.89 bits per heavy atom. The first-order valence-electron chi connectivity index (χ1n) is 5.64. The summed E-state index contributed by atoms with van der Waals surface area (Å²) in [7, 11) is 9.70. The van der Waals surface area contributed by atoms with Crippen LogP contribution in [0.15, 0.2) is 23.2 Å². The molecule has 1 aromatic rings. The van der Waals surface area contributed by atoms with Crippen LogP contribution >= 0.6 is 6.62 Å². The second-order valence-corrected chi connectivity index (χ2v) is 9.00. The fraction of sp³-hybridized carbons (Fsp3) is 0.417. The summed E-state index contributed by atoms with van der Waals surface area (Å²) in [5, 5.41) is 1.12. The number of hydrogen-bond acceptors (Lipinski definition) is 5. The SMILES string of the molecule is COc1ccc2c(c1)[P+]([S-])(N(C)C)C(N(C)C)=N2. The Hall–Kier alpha value is -0.770. The highest BCUT2D eigenvalue weighted by Gasteiger charge is 2.45. The lowest BCUT2D eigenvalue weighted by Crippen LogP contribution is -2.33.